The van der Waals surface area contributed by atoms with Crippen molar-refractivity contribution in [1.29, 1.82) is 0 Å². The summed E-state index contributed by atoms with van der Waals surface area (Å²) in [7, 11) is 0. The molecule has 0 unspecified atom stereocenters. The van der Waals surface area contributed by atoms with E-state index in [0.717, 1.165) is 19.4 Å². The molecule has 0 aliphatic heterocycles. The van der Waals surface area contributed by atoms with Gasteiger partial charge in [-0.3, -0.25) is 0 Å². The molecule has 0 saturated heterocycles. The highest BCUT2D eigenvalue weighted by Gasteiger charge is 2.23. The van der Waals surface area contributed by atoms with Crippen LogP contribution < -0.4 is 5.32 Å². The highest BCUT2D eigenvalue weighted by Crippen LogP contribution is 2.18. The summed E-state index contributed by atoms with van der Waals surface area (Å²) in [4.78, 5) is 1.38. The fourth-order valence-electron chi connectivity index (χ4n) is 1.42. The maximum Gasteiger partial charge on any atom is 0.0405 e. The molecule has 1 aromatic rings. The summed E-state index contributed by atoms with van der Waals surface area (Å²) in [6.45, 7) is 5.31. The summed E-state index contributed by atoms with van der Waals surface area (Å²) in [5, 5.41) is 5.67. The topological polar surface area (TPSA) is 12.0 Å². The van der Waals surface area contributed by atoms with E-state index in [1.807, 2.05) is 0 Å². The van der Waals surface area contributed by atoms with Gasteiger partial charge >= 0.3 is 0 Å². The number of halogens is 1. The standard InChI is InChI=1S/C11H18ClNS/c1-3-11(4-2,9-12)13-8-10-6-5-7-14-10/h5-7,13H,3-4,8-9H2,1-2H3. The van der Waals surface area contributed by atoms with E-state index in [1.165, 1.54) is 4.88 Å². The number of rotatable bonds is 6. The minimum Gasteiger partial charge on any atom is -0.305 e. The Hall–Kier alpha value is -0.0500. The fraction of sp³-hybridized carbons (Fsp3) is 0.636. The van der Waals surface area contributed by atoms with Crippen LogP contribution >= 0.6 is 22.9 Å². The molecule has 0 aliphatic rings. The first-order valence-electron chi connectivity index (χ1n) is 5.09. The summed E-state index contributed by atoms with van der Waals surface area (Å²) in [6, 6.07) is 4.24. The molecule has 0 fully saturated rings. The van der Waals surface area contributed by atoms with Gasteiger partial charge in [-0.05, 0) is 24.3 Å². The molecule has 1 N–H and O–H groups in total. The largest absolute Gasteiger partial charge is 0.305 e. The second-order valence-corrected chi connectivity index (χ2v) is 4.85. The van der Waals surface area contributed by atoms with Crippen molar-refractivity contribution in [1.82, 2.24) is 5.32 Å². The summed E-state index contributed by atoms with van der Waals surface area (Å²) in [6.07, 6.45) is 2.16. The van der Waals surface area contributed by atoms with Gasteiger partial charge in [-0.25, -0.2) is 0 Å². The van der Waals surface area contributed by atoms with Gasteiger partial charge in [0.1, 0.15) is 0 Å². The average molecular weight is 232 g/mol. The molecule has 0 aliphatic carbocycles. The average Bonchev–Trinajstić information content (AvgIpc) is 2.74. The Kier molecular flexibility index (Phi) is 4.93. The van der Waals surface area contributed by atoms with Crippen LogP contribution in [0.2, 0.25) is 0 Å². The van der Waals surface area contributed by atoms with E-state index >= 15 is 0 Å². The molecule has 0 radical (unpaired) electrons. The molecular weight excluding hydrogens is 214 g/mol. The smallest absolute Gasteiger partial charge is 0.0405 e. The van der Waals surface area contributed by atoms with E-state index in [9.17, 15) is 0 Å². The lowest BCUT2D eigenvalue weighted by atomic mass is 9.95. The van der Waals surface area contributed by atoms with Gasteiger partial charge in [-0.15, -0.1) is 22.9 Å². The SMILES string of the molecule is CCC(CC)(CCl)NCc1cccs1. The van der Waals surface area contributed by atoms with Crippen molar-refractivity contribution in [3.05, 3.63) is 22.4 Å². The van der Waals surface area contributed by atoms with E-state index in [2.05, 4.69) is 36.7 Å². The Morgan fingerprint density at radius 2 is 2.14 bits per heavy atom. The molecule has 0 saturated carbocycles. The van der Waals surface area contributed by atoms with Crippen LogP contribution in [0, 0.1) is 0 Å². The normalized spacial score (nSPS) is 11.9. The van der Waals surface area contributed by atoms with Gasteiger partial charge in [0.05, 0.1) is 0 Å². The van der Waals surface area contributed by atoms with Gasteiger partial charge in [0.2, 0.25) is 0 Å². The van der Waals surface area contributed by atoms with Gasteiger partial charge in [-0.1, -0.05) is 19.9 Å². The number of hydrogen-bond acceptors (Lipinski definition) is 2. The minimum atomic E-state index is 0.117. The first-order valence-corrected chi connectivity index (χ1v) is 6.51. The molecule has 1 heterocycles. The maximum absolute atomic E-state index is 6.01. The molecular formula is C11H18ClNS. The monoisotopic (exact) mass is 231 g/mol. The van der Waals surface area contributed by atoms with Crippen LogP contribution in [0.1, 0.15) is 31.6 Å². The van der Waals surface area contributed by atoms with E-state index in [-0.39, 0.29) is 5.54 Å². The molecule has 14 heavy (non-hydrogen) atoms. The van der Waals surface area contributed by atoms with Crippen LogP contribution in [0.4, 0.5) is 0 Å². The van der Waals surface area contributed by atoms with Crippen molar-refractivity contribution in [3.8, 4) is 0 Å². The van der Waals surface area contributed by atoms with Gasteiger partial charge < -0.3 is 5.32 Å². The summed E-state index contributed by atoms with van der Waals surface area (Å²) >= 11 is 7.80. The molecule has 0 spiro atoms. The Bertz CT molecular complexity index is 234. The van der Waals surface area contributed by atoms with Crippen LogP contribution in [-0.4, -0.2) is 11.4 Å². The molecule has 1 rings (SSSR count). The molecule has 80 valence electrons. The van der Waals surface area contributed by atoms with Crippen LogP contribution in [-0.2, 0) is 6.54 Å². The third kappa shape index (κ3) is 2.97. The van der Waals surface area contributed by atoms with E-state index in [4.69, 9.17) is 11.6 Å². The molecule has 3 heteroatoms. The van der Waals surface area contributed by atoms with E-state index in [1.54, 1.807) is 11.3 Å². The lowest BCUT2D eigenvalue weighted by Gasteiger charge is -2.30. The third-order valence-corrected chi connectivity index (χ3v) is 4.22. The molecule has 1 aromatic heterocycles. The van der Waals surface area contributed by atoms with Crippen molar-refractivity contribution in [3.63, 3.8) is 0 Å². The minimum absolute atomic E-state index is 0.117. The highest BCUT2D eigenvalue weighted by molar-refractivity contribution is 7.09. The van der Waals surface area contributed by atoms with Crippen molar-refractivity contribution in [2.24, 2.45) is 0 Å². The first kappa shape index (κ1) is 12.0. The van der Waals surface area contributed by atoms with E-state index < -0.39 is 0 Å². The van der Waals surface area contributed by atoms with Crippen LogP contribution in [0.3, 0.4) is 0 Å². The predicted molar refractivity (Wildman–Crippen MR) is 65.2 cm³/mol. The van der Waals surface area contributed by atoms with Crippen molar-refractivity contribution < 1.29 is 0 Å². The first-order chi connectivity index (χ1) is 6.76. The van der Waals surface area contributed by atoms with Crippen molar-refractivity contribution in [2.45, 2.75) is 38.8 Å². The second kappa shape index (κ2) is 5.74. The Morgan fingerprint density at radius 1 is 1.43 bits per heavy atom. The van der Waals surface area contributed by atoms with Crippen LogP contribution in [0.15, 0.2) is 17.5 Å². The molecule has 0 amide bonds. The molecule has 1 nitrogen and oxygen atoms in total. The highest BCUT2D eigenvalue weighted by atomic mass is 35.5. The third-order valence-electron chi connectivity index (χ3n) is 2.83. The second-order valence-electron chi connectivity index (χ2n) is 3.55. The van der Waals surface area contributed by atoms with Crippen molar-refractivity contribution >= 4 is 22.9 Å². The Balaban J connectivity index is 2.48. The van der Waals surface area contributed by atoms with Gasteiger partial charge in [-0.2, -0.15) is 0 Å². The predicted octanol–water partition coefficient (Wildman–Crippen LogP) is 3.64. The van der Waals surface area contributed by atoms with E-state index in [0.29, 0.717) is 5.88 Å². The number of thiophene rings is 1. The lowest BCUT2D eigenvalue weighted by Crippen LogP contribution is -2.45. The summed E-state index contributed by atoms with van der Waals surface area (Å²) in [5.74, 6) is 0.686. The zero-order chi connectivity index (χ0) is 10.4. The number of nitrogens with one attached hydrogen (secondary N) is 1. The summed E-state index contributed by atoms with van der Waals surface area (Å²) in [5.41, 5.74) is 0.117. The quantitative estimate of drug-likeness (QED) is 0.738. The zero-order valence-electron chi connectivity index (χ0n) is 8.85. The van der Waals surface area contributed by atoms with Gasteiger partial charge in [0.25, 0.3) is 0 Å². The van der Waals surface area contributed by atoms with Gasteiger partial charge in [0.15, 0.2) is 0 Å². The Morgan fingerprint density at radius 3 is 2.57 bits per heavy atom. The van der Waals surface area contributed by atoms with Crippen LogP contribution in [0.5, 0.6) is 0 Å². The zero-order valence-corrected chi connectivity index (χ0v) is 10.4. The summed E-state index contributed by atoms with van der Waals surface area (Å²) < 4.78 is 0. The molecule has 0 aromatic carbocycles. The molecule has 0 atom stereocenters. The van der Waals surface area contributed by atoms with Crippen molar-refractivity contribution in [2.75, 3.05) is 5.88 Å². The lowest BCUT2D eigenvalue weighted by molar-refractivity contribution is 0.335. The number of alkyl halides is 1. The van der Waals surface area contributed by atoms with Gasteiger partial charge in [0, 0.05) is 22.8 Å². The molecule has 0 bridgehead atoms. The van der Waals surface area contributed by atoms with Crippen LogP contribution in [0.25, 0.3) is 0 Å². The Labute approximate surface area is 95.5 Å². The number of hydrogen-bond donors (Lipinski definition) is 1. The maximum atomic E-state index is 6.01. The fourth-order valence-corrected chi connectivity index (χ4v) is 2.54.